The second-order valence-electron chi connectivity index (χ2n) is 9.23. The van der Waals surface area contributed by atoms with Crippen LogP contribution in [-0.4, -0.2) is 63.3 Å². The van der Waals surface area contributed by atoms with Gasteiger partial charge in [-0.15, -0.1) is 4.72 Å². The Morgan fingerprint density at radius 2 is 1.91 bits per heavy atom. The Morgan fingerprint density at radius 3 is 2.49 bits per heavy atom. The summed E-state index contributed by atoms with van der Waals surface area (Å²) < 4.78 is 50.4. The number of carbonyl (C=O) groups excluding carboxylic acids is 4. The molecule has 0 aromatic heterocycles. The third-order valence-electron chi connectivity index (χ3n) is 5.69. The van der Waals surface area contributed by atoms with E-state index in [-0.39, 0.29) is 18.8 Å². The van der Waals surface area contributed by atoms with Crippen molar-refractivity contribution in [3.8, 4) is 0 Å². The predicted octanol–water partition coefficient (Wildman–Crippen LogP) is 2.46. The van der Waals surface area contributed by atoms with Crippen LogP contribution in [0.2, 0.25) is 0 Å². The zero-order valence-electron chi connectivity index (χ0n) is 19.3. The van der Waals surface area contributed by atoms with Crippen LogP contribution in [0.4, 0.5) is 13.6 Å². The van der Waals surface area contributed by atoms with E-state index in [1.807, 2.05) is 5.32 Å². The largest absolute Gasteiger partial charge is 0.598 e. The lowest BCUT2D eigenvalue weighted by atomic mass is 9.89. The Kier molecular flexibility index (Phi) is 8.69. The summed E-state index contributed by atoms with van der Waals surface area (Å²) in [7, 11) is 0. The van der Waals surface area contributed by atoms with Crippen molar-refractivity contribution < 1.29 is 37.2 Å². The zero-order chi connectivity index (χ0) is 26.1. The highest BCUT2D eigenvalue weighted by atomic mass is 79.9. The summed E-state index contributed by atoms with van der Waals surface area (Å²) in [5.74, 6) is -6.93. The van der Waals surface area contributed by atoms with Gasteiger partial charge >= 0.3 is 6.03 Å². The second-order valence-corrected chi connectivity index (χ2v) is 12.1. The molecule has 4 atom stereocenters. The molecule has 9 nitrogen and oxygen atoms in total. The predicted molar refractivity (Wildman–Crippen MR) is 125 cm³/mol. The number of nitrogens with zero attached hydrogens (tertiary/aromatic N) is 1. The molecule has 2 aliphatic rings. The van der Waals surface area contributed by atoms with E-state index in [1.165, 1.54) is 12.1 Å². The van der Waals surface area contributed by atoms with Crippen LogP contribution in [0.5, 0.6) is 0 Å². The molecule has 35 heavy (non-hydrogen) atoms. The smallest absolute Gasteiger partial charge is 0.331 e. The summed E-state index contributed by atoms with van der Waals surface area (Å²) in [4.78, 5) is 51.9. The lowest BCUT2D eigenvalue weighted by Gasteiger charge is -2.37. The van der Waals surface area contributed by atoms with Gasteiger partial charge in [0.15, 0.2) is 17.9 Å². The molecule has 2 fully saturated rings. The van der Waals surface area contributed by atoms with E-state index in [0.29, 0.717) is 17.3 Å². The maximum Gasteiger partial charge on any atom is 0.331 e. The molecular weight excluding hydrogens is 552 g/mol. The van der Waals surface area contributed by atoms with Crippen LogP contribution in [0.15, 0.2) is 22.7 Å². The molecule has 2 saturated heterocycles. The molecule has 13 heteroatoms. The number of ketones is 1. The number of imide groups is 2. The maximum atomic E-state index is 15.8. The standard InChI is InChI=1S/C22H26BrF2N3O6S/c1-22(2,3)35(33)27-17(13-5-4-11(23)10-14(13)24)16(25)18(29)15-19(30)26-21(32)28(20(15)31)12-6-8-34-9-7-12/h4-5,10,12,15-17,27H,6-9H2,1-3H3,(H,26,30,32)/t15-,16-,17+,35?/m1/s1. The van der Waals surface area contributed by atoms with Gasteiger partial charge < -0.3 is 9.29 Å². The number of hydrogen-bond acceptors (Lipinski definition) is 7. The summed E-state index contributed by atoms with van der Waals surface area (Å²) in [6.45, 7) is 5.32. The minimum Gasteiger partial charge on any atom is -0.598 e. The number of barbiturate groups is 1. The quantitative estimate of drug-likeness (QED) is 0.376. The third-order valence-corrected chi connectivity index (χ3v) is 7.76. The van der Waals surface area contributed by atoms with Crippen LogP contribution in [0.1, 0.15) is 45.2 Å². The molecule has 3 rings (SSSR count). The summed E-state index contributed by atoms with van der Waals surface area (Å²) >= 11 is 1.16. The van der Waals surface area contributed by atoms with Crippen LogP contribution in [0.3, 0.4) is 0 Å². The molecular formula is C22H26BrF2N3O6S. The van der Waals surface area contributed by atoms with Crippen LogP contribution in [0.25, 0.3) is 0 Å². The number of amides is 4. The topological polar surface area (TPSA) is 128 Å². The molecule has 1 aromatic rings. The molecule has 0 spiro atoms. The van der Waals surface area contributed by atoms with Gasteiger partial charge in [0, 0.05) is 40.7 Å². The van der Waals surface area contributed by atoms with Crippen molar-refractivity contribution in [3.05, 3.63) is 34.1 Å². The van der Waals surface area contributed by atoms with Gasteiger partial charge in [-0.3, -0.25) is 24.6 Å². The summed E-state index contributed by atoms with van der Waals surface area (Å²) in [6, 6.07) is 0.278. The van der Waals surface area contributed by atoms with E-state index in [4.69, 9.17) is 4.74 Å². The average Bonchev–Trinajstić information content (AvgIpc) is 2.77. The number of alkyl halides is 1. The van der Waals surface area contributed by atoms with Gasteiger partial charge in [-0.2, -0.15) is 0 Å². The van der Waals surface area contributed by atoms with E-state index in [9.17, 15) is 28.1 Å². The molecule has 2 heterocycles. The van der Waals surface area contributed by atoms with Crippen molar-refractivity contribution in [2.24, 2.45) is 5.92 Å². The monoisotopic (exact) mass is 577 g/mol. The minimum atomic E-state index is -2.64. The van der Waals surface area contributed by atoms with Gasteiger partial charge in [-0.1, -0.05) is 22.0 Å². The zero-order valence-corrected chi connectivity index (χ0v) is 21.7. The van der Waals surface area contributed by atoms with Crippen molar-refractivity contribution >= 4 is 50.9 Å². The molecule has 0 aliphatic carbocycles. The van der Waals surface area contributed by atoms with E-state index in [2.05, 4.69) is 20.7 Å². The highest BCUT2D eigenvalue weighted by Crippen LogP contribution is 2.31. The van der Waals surface area contributed by atoms with Gasteiger partial charge in [0.05, 0.1) is 0 Å². The lowest BCUT2D eigenvalue weighted by Crippen LogP contribution is -2.64. The Morgan fingerprint density at radius 1 is 1.29 bits per heavy atom. The van der Waals surface area contributed by atoms with Crippen LogP contribution in [0, 0.1) is 11.7 Å². The molecule has 4 amide bonds. The van der Waals surface area contributed by atoms with Gasteiger partial charge in [-0.05, 0) is 45.7 Å². The first-order chi connectivity index (χ1) is 16.3. The minimum absolute atomic E-state index is 0.271. The fourth-order valence-corrected chi connectivity index (χ4v) is 4.94. The first-order valence-corrected chi connectivity index (χ1v) is 12.8. The number of Topliss-reactive ketones (excluding diaryl/α,β-unsaturated/α-hetero) is 1. The summed E-state index contributed by atoms with van der Waals surface area (Å²) in [6.07, 6.45) is -2.04. The summed E-state index contributed by atoms with van der Waals surface area (Å²) in [5.41, 5.74) is -0.312. The van der Waals surface area contributed by atoms with E-state index in [1.54, 1.807) is 20.8 Å². The van der Waals surface area contributed by atoms with Crippen LogP contribution >= 0.6 is 15.9 Å². The first kappa shape index (κ1) is 27.7. The number of hydrogen-bond donors (Lipinski definition) is 2. The number of halogens is 3. The Balaban J connectivity index is 1.94. The number of urea groups is 1. The maximum absolute atomic E-state index is 15.8. The Hall–Kier alpha value is -1.93. The van der Waals surface area contributed by atoms with Gasteiger partial charge in [0.1, 0.15) is 16.6 Å². The third kappa shape index (κ3) is 6.08. The van der Waals surface area contributed by atoms with Gasteiger partial charge in [0.25, 0.3) is 5.91 Å². The molecule has 0 radical (unpaired) electrons. The van der Waals surface area contributed by atoms with Crippen molar-refractivity contribution in [2.45, 2.75) is 56.6 Å². The Bertz CT molecular complexity index is 1020. The van der Waals surface area contributed by atoms with E-state index in [0.717, 1.165) is 11.0 Å². The number of rotatable bonds is 7. The number of carbonyl (C=O) groups is 4. The van der Waals surface area contributed by atoms with Crippen molar-refractivity contribution in [2.75, 3.05) is 13.2 Å². The number of nitrogens with one attached hydrogen (secondary N) is 2. The highest BCUT2D eigenvalue weighted by Gasteiger charge is 2.51. The second kappa shape index (κ2) is 11.0. The lowest BCUT2D eigenvalue weighted by molar-refractivity contribution is -0.151. The molecule has 192 valence electrons. The van der Waals surface area contributed by atoms with Crippen LogP contribution in [-0.2, 0) is 30.5 Å². The molecule has 0 saturated carbocycles. The van der Waals surface area contributed by atoms with Crippen molar-refractivity contribution in [3.63, 3.8) is 0 Å². The van der Waals surface area contributed by atoms with Crippen molar-refractivity contribution in [1.82, 2.24) is 14.9 Å². The molecule has 2 N–H and O–H groups in total. The number of benzene rings is 1. The van der Waals surface area contributed by atoms with E-state index < -0.39 is 69.7 Å². The normalized spacial score (nSPS) is 22.5. The number of ether oxygens (including phenoxy) is 1. The van der Waals surface area contributed by atoms with Gasteiger partial charge in [-0.25, -0.2) is 13.6 Å². The van der Waals surface area contributed by atoms with Crippen molar-refractivity contribution in [1.29, 1.82) is 0 Å². The highest BCUT2D eigenvalue weighted by molar-refractivity contribution is 9.10. The van der Waals surface area contributed by atoms with Gasteiger partial charge in [0.2, 0.25) is 5.91 Å². The molecule has 1 unspecified atom stereocenters. The Labute approximate surface area is 212 Å². The fraction of sp³-hybridized carbons (Fsp3) is 0.545. The SMILES string of the molecule is CC(C)(C)[S+]([O-])N[C@@H](c1ccc(Br)cc1F)[C@@H](F)C(=O)[C@@H]1C(=O)NC(=O)N(C2CCOCC2)C1=O. The first-order valence-electron chi connectivity index (χ1n) is 10.9. The molecule has 0 bridgehead atoms. The molecule has 1 aromatic carbocycles. The van der Waals surface area contributed by atoms with E-state index >= 15 is 4.39 Å². The fourth-order valence-electron chi connectivity index (χ4n) is 3.78. The summed E-state index contributed by atoms with van der Waals surface area (Å²) in [5, 5.41) is 1.94. The van der Waals surface area contributed by atoms with Crippen LogP contribution < -0.4 is 10.0 Å². The molecule has 2 aliphatic heterocycles. The average molecular weight is 578 g/mol.